The van der Waals surface area contributed by atoms with Crippen molar-refractivity contribution in [1.29, 1.82) is 0 Å². The maximum atomic E-state index is 10.4. The summed E-state index contributed by atoms with van der Waals surface area (Å²) in [6, 6.07) is 6.94. The third kappa shape index (κ3) is 6.03. The maximum absolute atomic E-state index is 10.4. The fourth-order valence-corrected chi connectivity index (χ4v) is 1.76. The summed E-state index contributed by atoms with van der Waals surface area (Å²) >= 11 is 2.12. The van der Waals surface area contributed by atoms with Crippen LogP contribution in [0.3, 0.4) is 0 Å². The SMILES string of the molecule is O=S(=O)(O)Cc1ccc(I)cc1.[NaH]. The zero-order valence-electron chi connectivity index (χ0n) is 6.07. The van der Waals surface area contributed by atoms with Crippen molar-refractivity contribution in [3.05, 3.63) is 33.4 Å². The molecule has 0 saturated carbocycles. The van der Waals surface area contributed by atoms with Gasteiger partial charge in [0.05, 0.1) is 0 Å². The zero-order valence-corrected chi connectivity index (χ0v) is 9.04. The predicted molar refractivity (Wildman–Crippen MR) is 61.6 cm³/mol. The molecule has 1 aromatic rings. The molecule has 0 bridgehead atoms. The van der Waals surface area contributed by atoms with E-state index in [0.29, 0.717) is 5.56 Å². The molecule has 0 aromatic heterocycles. The van der Waals surface area contributed by atoms with E-state index in [9.17, 15) is 8.42 Å². The van der Waals surface area contributed by atoms with Crippen LogP contribution in [0.4, 0.5) is 0 Å². The minimum atomic E-state index is -3.89. The van der Waals surface area contributed by atoms with E-state index >= 15 is 0 Å². The van der Waals surface area contributed by atoms with E-state index in [4.69, 9.17) is 4.55 Å². The van der Waals surface area contributed by atoms with Crippen LogP contribution in [0.5, 0.6) is 0 Å². The van der Waals surface area contributed by atoms with Gasteiger partial charge < -0.3 is 0 Å². The number of rotatable bonds is 2. The molecular formula is C7H8INaO3S. The van der Waals surface area contributed by atoms with E-state index in [1.807, 2.05) is 0 Å². The Morgan fingerprint density at radius 1 is 1.23 bits per heavy atom. The molecule has 1 rings (SSSR count). The number of hydrogen-bond acceptors (Lipinski definition) is 2. The van der Waals surface area contributed by atoms with Crippen LogP contribution in [0.25, 0.3) is 0 Å². The van der Waals surface area contributed by atoms with Crippen molar-refractivity contribution in [2.24, 2.45) is 0 Å². The van der Waals surface area contributed by atoms with Crippen LogP contribution < -0.4 is 0 Å². The van der Waals surface area contributed by atoms with Crippen molar-refractivity contribution >= 4 is 62.3 Å². The Hall–Kier alpha value is 0.860. The van der Waals surface area contributed by atoms with E-state index in [1.165, 1.54) is 0 Å². The molecule has 0 aliphatic carbocycles. The fourth-order valence-electron chi connectivity index (χ4n) is 0.791. The van der Waals surface area contributed by atoms with Crippen LogP contribution in [-0.4, -0.2) is 42.5 Å². The molecule has 0 saturated heterocycles. The summed E-state index contributed by atoms with van der Waals surface area (Å²) < 4.78 is 30.4. The van der Waals surface area contributed by atoms with Gasteiger partial charge in [0.1, 0.15) is 5.75 Å². The van der Waals surface area contributed by atoms with Crippen molar-refractivity contribution in [3.8, 4) is 0 Å². The Morgan fingerprint density at radius 3 is 2.08 bits per heavy atom. The van der Waals surface area contributed by atoms with Crippen molar-refractivity contribution in [1.82, 2.24) is 0 Å². The number of halogens is 1. The summed E-state index contributed by atoms with van der Waals surface area (Å²) in [6.07, 6.45) is 0. The predicted octanol–water partition coefficient (Wildman–Crippen LogP) is 1.03. The molecule has 0 aliphatic heterocycles. The monoisotopic (exact) mass is 322 g/mol. The van der Waals surface area contributed by atoms with Gasteiger partial charge in [0, 0.05) is 3.57 Å². The Morgan fingerprint density at radius 2 is 1.69 bits per heavy atom. The van der Waals surface area contributed by atoms with E-state index in [2.05, 4.69) is 22.6 Å². The first-order chi connectivity index (χ1) is 5.47. The van der Waals surface area contributed by atoms with Crippen molar-refractivity contribution in [2.75, 3.05) is 0 Å². The third-order valence-electron chi connectivity index (χ3n) is 1.26. The molecule has 0 aliphatic rings. The molecule has 6 heteroatoms. The summed E-state index contributed by atoms with van der Waals surface area (Å²) in [6.45, 7) is 0. The molecule has 3 nitrogen and oxygen atoms in total. The van der Waals surface area contributed by atoms with Crippen LogP contribution in [0, 0.1) is 3.57 Å². The van der Waals surface area contributed by atoms with Crippen LogP contribution in [0.1, 0.15) is 5.56 Å². The molecular weight excluding hydrogens is 314 g/mol. The second-order valence-corrected chi connectivity index (χ2v) is 5.05. The van der Waals surface area contributed by atoms with Gasteiger partial charge in [0.15, 0.2) is 0 Å². The fraction of sp³-hybridized carbons (Fsp3) is 0.143. The Bertz CT molecular complexity index is 360. The Kier molecular flexibility index (Phi) is 6.05. The molecule has 0 spiro atoms. The minimum absolute atomic E-state index is 0. The average Bonchev–Trinajstić information content (AvgIpc) is 1.91. The second-order valence-electron chi connectivity index (χ2n) is 2.35. The molecule has 0 fully saturated rings. The van der Waals surface area contributed by atoms with E-state index in [-0.39, 0.29) is 35.3 Å². The normalized spacial score (nSPS) is 10.6. The molecule has 68 valence electrons. The quantitative estimate of drug-likeness (QED) is 0.503. The van der Waals surface area contributed by atoms with Gasteiger partial charge >= 0.3 is 29.6 Å². The van der Waals surface area contributed by atoms with E-state index in [0.717, 1.165) is 3.57 Å². The van der Waals surface area contributed by atoms with Gasteiger partial charge in [0.2, 0.25) is 0 Å². The molecule has 0 radical (unpaired) electrons. The van der Waals surface area contributed by atoms with Gasteiger partial charge in [-0.25, -0.2) is 0 Å². The number of hydrogen-bond donors (Lipinski definition) is 1. The first-order valence-electron chi connectivity index (χ1n) is 3.17. The van der Waals surface area contributed by atoms with Crippen LogP contribution in [0.15, 0.2) is 24.3 Å². The molecule has 0 unspecified atom stereocenters. The van der Waals surface area contributed by atoms with Crippen molar-refractivity contribution in [2.45, 2.75) is 5.75 Å². The summed E-state index contributed by atoms with van der Waals surface area (Å²) in [4.78, 5) is 0. The van der Waals surface area contributed by atoms with Gasteiger partial charge in [-0.05, 0) is 40.3 Å². The second kappa shape index (κ2) is 5.67. The van der Waals surface area contributed by atoms with Crippen molar-refractivity contribution < 1.29 is 13.0 Å². The summed E-state index contributed by atoms with van der Waals surface area (Å²) in [5.74, 6) is -0.316. The average molecular weight is 322 g/mol. The number of benzene rings is 1. The zero-order chi connectivity index (χ0) is 9.19. The van der Waals surface area contributed by atoms with Crippen LogP contribution in [-0.2, 0) is 15.9 Å². The van der Waals surface area contributed by atoms with Gasteiger partial charge in [-0.1, -0.05) is 12.1 Å². The molecule has 13 heavy (non-hydrogen) atoms. The first-order valence-corrected chi connectivity index (χ1v) is 5.86. The van der Waals surface area contributed by atoms with E-state index < -0.39 is 10.1 Å². The van der Waals surface area contributed by atoms with E-state index in [1.54, 1.807) is 24.3 Å². The van der Waals surface area contributed by atoms with Gasteiger partial charge in [-0.2, -0.15) is 8.42 Å². The molecule has 1 N–H and O–H groups in total. The van der Waals surface area contributed by atoms with Crippen LogP contribution in [0.2, 0.25) is 0 Å². The first kappa shape index (κ1) is 13.9. The Balaban J connectivity index is 0.00000144. The summed E-state index contributed by atoms with van der Waals surface area (Å²) in [5.41, 5.74) is 0.595. The standard InChI is InChI=1S/C7H7IO3S.Na.H/c8-7-3-1-6(2-4-7)5-12(9,10)11;;/h1-4H,5H2,(H,9,10,11);;. The van der Waals surface area contributed by atoms with Gasteiger partial charge in [-0.3, -0.25) is 4.55 Å². The summed E-state index contributed by atoms with van der Waals surface area (Å²) in [5, 5.41) is 0. The topological polar surface area (TPSA) is 54.4 Å². The molecule has 0 heterocycles. The molecule has 0 atom stereocenters. The third-order valence-corrected chi connectivity index (χ3v) is 2.68. The summed E-state index contributed by atoms with van der Waals surface area (Å²) in [7, 11) is -3.89. The van der Waals surface area contributed by atoms with Gasteiger partial charge in [-0.15, -0.1) is 0 Å². The van der Waals surface area contributed by atoms with Gasteiger partial charge in [0.25, 0.3) is 10.1 Å². The van der Waals surface area contributed by atoms with Crippen molar-refractivity contribution in [3.63, 3.8) is 0 Å². The molecule has 0 amide bonds. The Labute approximate surface area is 113 Å². The van der Waals surface area contributed by atoms with Crippen LogP contribution >= 0.6 is 22.6 Å². The molecule has 1 aromatic carbocycles.